The van der Waals surface area contributed by atoms with Gasteiger partial charge < -0.3 is 28.5 Å². The number of carbonyl (C=O) groups is 3. The molecule has 0 spiro atoms. The molecule has 458 valence electrons. The van der Waals surface area contributed by atoms with E-state index in [4.69, 9.17) is 18.9 Å². The minimum Gasteiger partial charge on any atom is -0.477 e. The first kappa shape index (κ1) is 75.7. The molecule has 2 atom stereocenters. The van der Waals surface area contributed by atoms with Crippen LogP contribution in [0.4, 0.5) is 0 Å². The van der Waals surface area contributed by atoms with Crippen molar-refractivity contribution in [2.75, 3.05) is 47.5 Å². The Labute approximate surface area is 487 Å². The van der Waals surface area contributed by atoms with Crippen molar-refractivity contribution in [1.82, 2.24) is 0 Å². The first-order valence-corrected chi connectivity index (χ1v) is 33.1. The van der Waals surface area contributed by atoms with Gasteiger partial charge in [-0.3, -0.25) is 9.59 Å². The number of carbonyl (C=O) groups excluding carboxylic acids is 2. The van der Waals surface area contributed by atoms with Crippen LogP contribution in [-0.4, -0.2) is 87.4 Å². The highest BCUT2D eigenvalue weighted by molar-refractivity contribution is 5.71. The lowest BCUT2D eigenvalue weighted by molar-refractivity contribution is -0.870. The molecule has 0 aliphatic rings. The van der Waals surface area contributed by atoms with E-state index in [1.807, 2.05) is 21.1 Å². The Morgan fingerprint density at radius 3 is 1.08 bits per heavy atom. The van der Waals surface area contributed by atoms with Gasteiger partial charge in [0.1, 0.15) is 13.2 Å². The van der Waals surface area contributed by atoms with Crippen molar-refractivity contribution in [3.05, 3.63) is 72.9 Å². The Hall–Kier alpha value is -3.27. The van der Waals surface area contributed by atoms with Crippen molar-refractivity contribution in [3.63, 3.8) is 0 Å². The maximum atomic E-state index is 12.9. The van der Waals surface area contributed by atoms with E-state index in [-0.39, 0.29) is 32.2 Å². The molecule has 0 rings (SSSR count). The maximum Gasteiger partial charge on any atom is 0.361 e. The predicted octanol–water partition coefficient (Wildman–Crippen LogP) is 20.1. The van der Waals surface area contributed by atoms with E-state index in [0.29, 0.717) is 17.4 Å². The van der Waals surface area contributed by atoms with Crippen molar-refractivity contribution < 1.29 is 42.9 Å². The Morgan fingerprint density at radius 2 is 0.722 bits per heavy atom. The standard InChI is InChI=1S/C70H125NO8/c1-6-8-10-12-14-16-18-20-22-24-26-28-30-32-33-34-35-37-38-40-42-44-46-48-50-52-54-56-58-60-67(72)77-64-66(65-78-70(69(74)75)76-63-62-71(3,4)5)79-68(73)61-59-57-55-53-51-49-47-45-43-41-39-36-31-29-27-25-23-21-19-17-15-13-11-9-7-2/h9,11,15,17-18,20-21,23-24,26-27,29,66,70H,6-8,10,12-14,16,19,22,25,28,30-65H2,1-5H3/p+1/b11-9-,17-15-,20-18-,23-21-,26-24-,29-27-. The topological polar surface area (TPSA) is 108 Å². The second-order valence-corrected chi connectivity index (χ2v) is 23.4. The highest BCUT2D eigenvalue weighted by Crippen LogP contribution is 2.17. The van der Waals surface area contributed by atoms with Gasteiger partial charge in [0.15, 0.2) is 6.10 Å². The van der Waals surface area contributed by atoms with Crippen LogP contribution in [0.5, 0.6) is 0 Å². The van der Waals surface area contributed by atoms with Gasteiger partial charge in [0.05, 0.1) is 34.4 Å². The van der Waals surface area contributed by atoms with Crippen LogP contribution in [0.2, 0.25) is 0 Å². The van der Waals surface area contributed by atoms with Crippen LogP contribution in [0.25, 0.3) is 0 Å². The highest BCUT2D eigenvalue weighted by atomic mass is 16.7. The third kappa shape index (κ3) is 62.2. The molecule has 0 aromatic heterocycles. The van der Waals surface area contributed by atoms with Crippen LogP contribution in [0, 0.1) is 0 Å². The summed E-state index contributed by atoms with van der Waals surface area (Å²) in [6, 6.07) is 0. The summed E-state index contributed by atoms with van der Waals surface area (Å²) in [7, 11) is 5.98. The number of likely N-dealkylation sites (N-methyl/N-ethyl adjacent to an activating group) is 1. The molecule has 0 amide bonds. The van der Waals surface area contributed by atoms with E-state index >= 15 is 0 Å². The zero-order chi connectivity index (χ0) is 57.6. The van der Waals surface area contributed by atoms with Gasteiger partial charge in [-0.1, -0.05) is 273 Å². The number of rotatable bonds is 61. The number of ether oxygens (including phenoxy) is 4. The Kier molecular flexibility index (Phi) is 58.3. The van der Waals surface area contributed by atoms with Crippen molar-refractivity contribution in [2.45, 2.75) is 309 Å². The first-order valence-electron chi connectivity index (χ1n) is 33.1. The molecular formula is C70H126NO8+. The van der Waals surface area contributed by atoms with Gasteiger partial charge in [-0.15, -0.1) is 0 Å². The van der Waals surface area contributed by atoms with Gasteiger partial charge in [-0.05, 0) is 83.5 Å². The number of nitrogens with zero attached hydrogens (tertiary/aromatic N) is 1. The van der Waals surface area contributed by atoms with E-state index in [2.05, 4.69) is 86.8 Å². The van der Waals surface area contributed by atoms with Crippen LogP contribution in [0.1, 0.15) is 296 Å². The summed E-state index contributed by atoms with van der Waals surface area (Å²) < 4.78 is 23.0. The number of unbranched alkanes of at least 4 members (excludes halogenated alkanes) is 34. The molecule has 0 aliphatic heterocycles. The monoisotopic (exact) mass is 1110 g/mol. The average Bonchev–Trinajstić information content (AvgIpc) is 3.42. The van der Waals surface area contributed by atoms with E-state index in [1.165, 1.54) is 199 Å². The number of hydrogen-bond donors (Lipinski definition) is 1. The molecule has 2 unspecified atom stereocenters. The van der Waals surface area contributed by atoms with E-state index in [1.54, 1.807) is 0 Å². The molecule has 1 N–H and O–H groups in total. The van der Waals surface area contributed by atoms with Crippen molar-refractivity contribution in [1.29, 1.82) is 0 Å². The Morgan fingerprint density at radius 1 is 0.392 bits per heavy atom. The summed E-state index contributed by atoms with van der Waals surface area (Å²) in [5.74, 6) is -2.00. The molecule has 0 aromatic rings. The number of allylic oxidation sites excluding steroid dienone is 12. The lowest BCUT2D eigenvalue weighted by atomic mass is 10.0. The van der Waals surface area contributed by atoms with Crippen molar-refractivity contribution >= 4 is 17.9 Å². The van der Waals surface area contributed by atoms with E-state index in [9.17, 15) is 19.5 Å². The maximum absolute atomic E-state index is 12.9. The summed E-state index contributed by atoms with van der Waals surface area (Å²) in [6.45, 7) is 4.79. The third-order valence-electron chi connectivity index (χ3n) is 14.4. The van der Waals surface area contributed by atoms with Gasteiger partial charge in [-0.25, -0.2) is 4.79 Å². The quantitative estimate of drug-likeness (QED) is 0.0211. The molecule has 0 aromatic carbocycles. The molecule has 9 nitrogen and oxygen atoms in total. The zero-order valence-electron chi connectivity index (χ0n) is 52.3. The van der Waals surface area contributed by atoms with Crippen molar-refractivity contribution in [3.8, 4) is 0 Å². The van der Waals surface area contributed by atoms with E-state index < -0.39 is 24.3 Å². The number of quaternary nitrogens is 1. The fourth-order valence-electron chi connectivity index (χ4n) is 9.39. The average molecular weight is 1110 g/mol. The minimum atomic E-state index is -1.51. The molecule has 0 fully saturated rings. The minimum absolute atomic E-state index is 0.182. The number of esters is 2. The zero-order valence-corrected chi connectivity index (χ0v) is 52.3. The molecule has 9 heteroatoms. The Balaban J connectivity index is 4.13. The predicted molar refractivity (Wildman–Crippen MR) is 336 cm³/mol. The van der Waals surface area contributed by atoms with Crippen LogP contribution >= 0.6 is 0 Å². The molecule has 79 heavy (non-hydrogen) atoms. The van der Waals surface area contributed by atoms with Gasteiger partial charge in [0, 0.05) is 12.8 Å². The molecule has 0 saturated heterocycles. The molecule has 0 saturated carbocycles. The van der Waals surface area contributed by atoms with E-state index in [0.717, 1.165) is 70.6 Å². The van der Waals surface area contributed by atoms with Gasteiger partial charge in [-0.2, -0.15) is 0 Å². The van der Waals surface area contributed by atoms with Gasteiger partial charge >= 0.3 is 17.9 Å². The largest absolute Gasteiger partial charge is 0.477 e. The second kappa shape index (κ2) is 60.8. The number of carboxylic acids is 1. The molecule has 0 radical (unpaired) electrons. The highest BCUT2D eigenvalue weighted by Gasteiger charge is 2.25. The van der Waals surface area contributed by atoms with Crippen LogP contribution in [0.15, 0.2) is 72.9 Å². The van der Waals surface area contributed by atoms with Crippen LogP contribution in [-0.2, 0) is 33.3 Å². The van der Waals surface area contributed by atoms with Crippen LogP contribution < -0.4 is 0 Å². The number of aliphatic carboxylic acids is 1. The molecule has 0 aliphatic carbocycles. The van der Waals surface area contributed by atoms with Crippen LogP contribution in [0.3, 0.4) is 0 Å². The summed E-state index contributed by atoms with van der Waals surface area (Å²) in [6.07, 6.45) is 77.1. The number of hydrogen-bond acceptors (Lipinski definition) is 7. The summed E-state index contributed by atoms with van der Waals surface area (Å²) in [4.78, 5) is 37.6. The first-order chi connectivity index (χ1) is 38.6. The normalized spacial score (nSPS) is 13.2. The van der Waals surface area contributed by atoms with Crippen molar-refractivity contribution in [2.24, 2.45) is 0 Å². The Bertz CT molecular complexity index is 1520. The molecule has 0 bridgehead atoms. The fourth-order valence-corrected chi connectivity index (χ4v) is 9.39. The van der Waals surface area contributed by atoms with Gasteiger partial charge in [0.25, 0.3) is 6.29 Å². The lowest BCUT2D eigenvalue weighted by Gasteiger charge is -2.25. The second-order valence-electron chi connectivity index (χ2n) is 23.4. The fraction of sp³-hybridized carbons (Fsp3) is 0.786. The summed E-state index contributed by atoms with van der Waals surface area (Å²) >= 11 is 0. The molecule has 0 heterocycles. The summed E-state index contributed by atoms with van der Waals surface area (Å²) in [5.41, 5.74) is 0. The smallest absolute Gasteiger partial charge is 0.361 e. The number of carboxylic acid groups (broad SMARTS) is 1. The SMILES string of the molecule is CC/C=C\C/C=C\C/C=C\C/C=C\CCCCCCCCCCCCCCC(=O)OC(COC(=O)CCCCCCCCCCCCCCCCCCC/C=C\C/C=C\CCCCCCC)COC(OCC[N+](C)(C)C)C(=O)O. The third-order valence-corrected chi connectivity index (χ3v) is 14.4. The summed E-state index contributed by atoms with van der Waals surface area (Å²) in [5, 5.41) is 9.73. The molecular weight excluding hydrogens is 983 g/mol. The van der Waals surface area contributed by atoms with Gasteiger partial charge in [0.2, 0.25) is 0 Å². The lowest BCUT2D eigenvalue weighted by Crippen LogP contribution is -2.40.